The summed E-state index contributed by atoms with van der Waals surface area (Å²) in [6.07, 6.45) is 94.6. The van der Waals surface area contributed by atoms with E-state index in [-0.39, 0.29) is 25.7 Å². The van der Waals surface area contributed by atoms with Crippen molar-refractivity contribution in [1.29, 1.82) is 0 Å². The molecule has 0 spiro atoms. The van der Waals surface area contributed by atoms with E-state index in [1.165, 1.54) is 38.5 Å². The molecule has 0 fully saturated rings. The number of phosphoric acid groups is 2. The van der Waals surface area contributed by atoms with E-state index in [0.717, 1.165) is 193 Å². The first-order valence-corrected chi connectivity index (χ1v) is 44.4. The van der Waals surface area contributed by atoms with E-state index in [9.17, 15) is 43.2 Å². The number of allylic oxidation sites excluding steroid dienone is 28. The lowest BCUT2D eigenvalue weighted by molar-refractivity contribution is -0.161. The van der Waals surface area contributed by atoms with Gasteiger partial charge in [0.05, 0.1) is 26.4 Å². The molecule has 19 heteroatoms. The number of hydrogen-bond donors (Lipinski definition) is 3. The van der Waals surface area contributed by atoms with Crippen molar-refractivity contribution in [1.82, 2.24) is 0 Å². The van der Waals surface area contributed by atoms with Crippen LogP contribution in [0.3, 0.4) is 0 Å². The number of rotatable bonds is 76. The van der Waals surface area contributed by atoms with Gasteiger partial charge in [-0.05, 0) is 180 Å². The van der Waals surface area contributed by atoms with Crippen molar-refractivity contribution in [2.75, 3.05) is 39.6 Å². The van der Waals surface area contributed by atoms with Crippen molar-refractivity contribution in [2.24, 2.45) is 0 Å². The molecule has 614 valence electrons. The molecule has 0 saturated heterocycles. The maximum Gasteiger partial charge on any atom is 0.472 e. The highest BCUT2D eigenvalue weighted by molar-refractivity contribution is 7.47. The van der Waals surface area contributed by atoms with Gasteiger partial charge >= 0.3 is 39.5 Å². The molecule has 0 heterocycles. The molecule has 0 aliphatic heterocycles. The first kappa shape index (κ1) is 102. The Morgan fingerprint density at radius 2 is 0.481 bits per heavy atom. The van der Waals surface area contributed by atoms with Crippen LogP contribution in [0.1, 0.15) is 310 Å². The van der Waals surface area contributed by atoms with Gasteiger partial charge in [-0.15, -0.1) is 0 Å². The van der Waals surface area contributed by atoms with E-state index >= 15 is 0 Å². The second-order valence-corrected chi connectivity index (χ2v) is 29.8. The molecule has 0 radical (unpaired) electrons. The molecule has 0 amide bonds. The largest absolute Gasteiger partial charge is 0.472 e. The Morgan fingerprint density at radius 1 is 0.269 bits per heavy atom. The molecule has 0 saturated carbocycles. The van der Waals surface area contributed by atoms with Crippen LogP contribution in [0, 0.1) is 0 Å². The number of aliphatic hydroxyl groups is 1. The zero-order valence-corrected chi connectivity index (χ0v) is 69.0. The normalized spacial score (nSPS) is 14.7. The predicted octanol–water partition coefficient (Wildman–Crippen LogP) is 24.6. The SMILES string of the molecule is CC/C=C\C/C=C\C/C=C\C/C=C\C/C=C\CCCCCC(=O)OC[C@H](COP(=O)(O)OC[C@@H](O)COP(=O)(O)OC[C@@H](COC(=O)CCCCCCC/C=C\C/C=C\CCCCC)OC(=O)CCCCCCC/C=C\C/C=C\CCCCC)OC(=O)CCCCC/C=C\C/C=C\C/C=C\C/C=C\C/C=C\CC. The van der Waals surface area contributed by atoms with Gasteiger partial charge in [0.1, 0.15) is 19.3 Å². The van der Waals surface area contributed by atoms with Crippen LogP contribution in [0.4, 0.5) is 0 Å². The highest BCUT2D eigenvalue weighted by atomic mass is 31.2. The van der Waals surface area contributed by atoms with Crippen LogP contribution in [0.2, 0.25) is 0 Å². The van der Waals surface area contributed by atoms with E-state index in [1.807, 2.05) is 0 Å². The quantitative estimate of drug-likeness (QED) is 0.0169. The van der Waals surface area contributed by atoms with Gasteiger partial charge in [0, 0.05) is 25.7 Å². The van der Waals surface area contributed by atoms with Gasteiger partial charge in [0.15, 0.2) is 12.2 Å². The maximum atomic E-state index is 13.1. The lowest BCUT2D eigenvalue weighted by Gasteiger charge is -2.21. The van der Waals surface area contributed by atoms with Crippen molar-refractivity contribution >= 4 is 39.5 Å². The minimum absolute atomic E-state index is 0.0410. The molecule has 2 unspecified atom stereocenters. The lowest BCUT2D eigenvalue weighted by Crippen LogP contribution is -2.30. The molecular formula is C89H146O17P2. The van der Waals surface area contributed by atoms with Crippen molar-refractivity contribution < 1.29 is 80.2 Å². The third kappa shape index (κ3) is 78.5. The maximum absolute atomic E-state index is 13.1. The van der Waals surface area contributed by atoms with Crippen LogP contribution < -0.4 is 0 Å². The Balaban J connectivity index is 5.49. The summed E-state index contributed by atoms with van der Waals surface area (Å²) in [5.41, 5.74) is 0. The monoisotopic (exact) mass is 1550 g/mol. The second-order valence-electron chi connectivity index (χ2n) is 26.9. The van der Waals surface area contributed by atoms with Gasteiger partial charge in [0.2, 0.25) is 0 Å². The van der Waals surface area contributed by atoms with Gasteiger partial charge in [-0.3, -0.25) is 37.3 Å². The zero-order chi connectivity index (χ0) is 78.9. The molecule has 0 aromatic carbocycles. The van der Waals surface area contributed by atoms with Crippen molar-refractivity contribution in [3.05, 3.63) is 170 Å². The minimum atomic E-state index is -5.01. The topological polar surface area (TPSA) is 237 Å². The molecule has 17 nitrogen and oxygen atoms in total. The fraction of sp³-hybridized carbons (Fsp3) is 0.640. The number of esters is 4. The minimum Gasteiger partial charge on any atom is -0.462 e. The molecule has 0 rings (SSSR count). The smallest absolute Gasteiger partial charge is 0.462 e. The van der Waals surface area contributed by atoms with E-state index in [4.69, 9.17) is 37.0 Å². The van der Waals surface area contributed by atoms with Crippen LogP contribution in [-0.2, 0) is 65.4 Å². The van der Waals surface area contributed by atoms with Crippen LogP contribution in [0.15, 0.2) is 170 Å². The standard InChI is InChI=1S/C89H146O17P2/c1-5-9-13-17-21-25-29-33-37-39-41-43-47-50-54-58-62-66-70-74-87(92)100-80-85(106-89(94)76-72-68-64-60-56-52-48-44-42-40-38-34-30-26-22-18-14-10-6-2)82-104-108(97,98)102-78-83(90)77-101-107(95,96)103-81-84(105-88(93)75-71-67-63-59-55-51-46-36-32-28-24-20-16-12-8-4)79-99-86(91)73-69-65-61-57-53-49-45-35-31-27-23-19-15-11-7-3/h9-10,13-14,21-28,33-38,41-46,50,52,54,56,83-85,90H,5-8,11-12,15-20,29-32,39-40,47-49,51,53,55,57-82H2,1-4H3,(H,95,96)(H,97,98)/b13-9-,14-10-,25-21-,26-22-,27-23-,28-24-,37-33-,38-34-,43-41-,44-42-,45-35-,46-36-,54-50-,56-52-/t83-,84+,85+/m0/s1. The Bertz CT molecular complexity index is 2710. The van der Waals surface area contributed by atoms with Crippen LogP contribution >= 0.6 is 15.6 Å². The average molecular weight is 1550 g/mol. The fourth-order valence-corrected chi connectivity index (χ4v) is 12.0. The van der Waals surface area contributed by atoms with E-state index in [1.54, 1.807) is 0 Å². The summed E-state index contributed by atoms with van der Waals surface area (Å²) in [4.78, 5) is 73.2. The van der Waals surface area contributed by atoms with Crippen LogP contribution in [-0.4, -0.2) is 96.7 Å². The van der Waals surface area contributed by atoms with Crippen molar-refractivity contribution in [2.45, 2.75) is 329 Å². The molecular weight excluding hydrogens is 1400 g/mol. The molecule has 0 aliphatic rings. The first-order valence-electron chi connectivity index (χ1n) is 41.4. The summed E-state index contributed by atoms with van der Waals surface area (Å²) in [5.74, 6) is -2.29. The van der Waals surface area contributed by atoms with Crippen LogP contribution in [0.5, 0.6) is 0 Å². The number of phosphoric ester groups is 2. The van der Waals surface area contributed by atoms with Crippen LogP contribution in [0.25, 0.3) is 0 Å². The summed E-state index contributed by atoms with van der Waals surface area (Å²) in [6, 6.07) is 0. The highest BCUT2D eigenvalue weighted by Gasteiger charge is 2.30. The summed E-state index contributed by atoms with van der Waals surface area (Å²) < 4.78 is 68.7. The number of aliphatic hydroxyl groups excluding tert-OH is 1. The molecule has 0 bridgehead atoms. The number of unbranched alkanes of at least 4 members (excludes halogenated alkanes) is 22. The van der Waals surface area contributed by atoms with Gasteiger partial charge in [-0.2, -0.15) is 0 Å². The first-order chi connectivity index (χ1) is 52.7. The van der Waals surface area contributed by atoms with Gasteiger partial charge in [0.25, 0.3) is 0 Å². The molecule has 3 N–H and O–H groups in total. The van der Waals surface area contributed by atoms with E-state index in [2.05, 4.69) is 198 Å². The number of carbonyl (C=O) groups is 4. The van der Waals surface area contributed by atoms with E-state index in [0.29, 0.717) is 25.7 Å². The number of carbonyl (C=O) groups excluding carboxylic acids is 4. The lowest BCUT2D eigenvalue weighted by atomic mass is 10.1. The van der Waals surface area contributed by atoms with Crippen molar-refractivity contribution in [3.63, 3.8) is 0 Å². The molecule has 0 aromatic heterocycles. The van der Waals surface area contributed by atoms with E-state index < -0.39 is 97.5 Å². The second kappa shape index (κ2) is 79.5. The molecule has 5 atom stereocenters. The molecule has 0 aliphatic carbocycles. The van der Waals surface area contributed by atoms with Crippen molar-refractivity contribution in [3.8, 4) is 0 Å². The Labute approximate surface area is 654 Å². The van der Waals surface area contributed by atoms with Gasteiger partial charge < -0.3 is 33.8 Å². The third-order valence-electron chi connectivity index (χ3n) is 16.6. The average Bonchev–Trinajstić information content (AvgIpc) is 0.896. The summed E-state index contributed by atoms with van der Waals surface area (Å²) in [5, 5.41) is 10.7. The summed E-state index contributed by atoms with van der Waals surface area (Å²) >= 11 is 0. The Hall–Kier alpha value is -5.58. The number of ether oxygens (including phenoxy) is 4. The van der Waals surface area contributed by atoms with Gasteiger partial charge in [-0.25, -0.2) is 9.13 Å². The number of hydrogen-bond acceptors (Lipinski definition) is 15. The predicted molar refractivity (Wildman–Crippen MR) is 445 cm³/mol. The zero-order valence-electron chi connectivity index (χ0n) is 67.2. The Morgan fingerprint density at radius 3 is 0.750 bits per heavy atom. The Kier molecular flexibility index (Phi) is 75.4. The van der Waals surface area contributed by atoms with Gasteiger partial charge in [-0.1, -0.05) is 275 Å². The summed E-state index contributed by atoms with van der Waals surface area (Å²) in [6.45, 7) is 4.49. The highest BCUT2D eigenvalue weighted by Crippen LogP contribution is 2.45. The fourth-order valence-electron chi connectivity index (χ4n) is 10.4. The third-order valence-corrected chi connectivity index (χ3v) is 18.5. The molecule has 0 aromatic rings. The summed E-state index contributed by atoms with van der Waals surface area (Å²) in [7, 11) is -10.0. The molecule has 108 heavy (non-hydrogen) atoms.